The molecule has 0 spiro atoms. The van der Waals surface area contributed by atoms with Crippen LogP contribution in [0.1, 0.15) is 5.56 Å². The average Bonchev–Trinajstić information content (AvgIpc) is 2.33. The van der Waals surface area contributed by atoms with Crippen LogP contribution in [0.3, 0.4) is 0 Å². The molecule has 100 valence electrons. The van der Waals surface area contributed by atoms with Crippen LogP contribution in [0, 0.1) is 6.92 Å². The Balaban J connectivity index is 2.04. The van der Waals surface area contributed by atoms with Crippen molar-refractivity contribution in [2.24, 2.45) is 0 Å². The van der Waals surface area contributed by atoms with E-state index in [0.29, 0.717) is 0 Å². The van der Waals surface area contributed by atoms with Crippen molar-refractivity contribution >= 4 is 11.8 Å². The molecule has 6 heteroatoms. The van der Waals surface area contributed by atoms with Gasteiger partial charge in [0.15, 0.2) is 0 Å². The first-order chi connectivity index (χ1) is 8.92. The second-order valence-electron chi connectivity index (χ2n) is 3.80. The van der Waals surface area contributed by atoms with E-state index in [9.17, 15) is 13.2 Å². The maximum atomic E-state index is 12.0. The van der Waals surface area contributed by atoms with Crippen LogP contribution in [0.25, 0.3) is 0 Å². The van der Waals surface area contributed by atoms with Crippen molar-refractivity contribution in [1.82, 2.24) is 4.98 Å². The fourth-order valence-electron chi connectivity index (χ4n) is 1.34. The molecule has 1 heterocycles. The minimum absolute atomic E-state index is 0.228. The van der Waals surface area contributed by atoms with Crippen LogP contribution in [-0.2, 0) is 0 Å². The SMILES string of the molecule is Cc1ccc(Sc2ccc(OC(F)(F)F)cc2)nc1. The highest BCUT2D eigenvalue weighted by atomic mass is 32.2. The predicted molar refractivity (Wildman–Crippen MR) is 66.2 cm³/mol. The Kier molecular flexibility index (Phi) is 3.99. The Morgan fingerprint density at radius 1 is 1.05 bits per heavy atom. The van der Waals surface area contributed by atoms with Gasteiger partial charge >= 0.3 is 6.36 Å². The molecule has 0 saturated carbocycles. The molecule has 1 aromatic heterocycles. The topological polar surface area (TPSA) is 22.1 Å². The first kappa shape index (κ1) is 13.7. The molecule has 0 fully saturated rings. The highest BCUT2D eigenvalue weighted by molar-refractivity contribution is 7.99. The lowest BCUT2D eigenvalue weighted by molar-refractivity contribution is -0.274. The third kappa shape index (κ3) is 4.48. The number of pyridine rings is 1. The standard InChI is InChI=1S/C13H10F3NOS/c1-9-2-7-12(17-8-9)19-11-5-3-10(4-6-11)18-13(14,15)16/h2-8H,1H3. The quantitative estimate of drug-likeness (QED) is 0.832. The molecule has 0 aliphatic carbocycles. The number of aryl methyl sites for hydroxylation is 1. The Morgan fingerprint density at radius 3 is 2.26 bits per heavy atom. The summed E-state index contributed by atoms with van der Waals surface area (Å²) in [6, 6.07) is 9.48. The molecule has 0 radical (unpaired) electrons. The number of hydrogen-bond acceptors (Lipinski definition) is 3. The summed E-state index contributed by atoms with van der Waals surface area (Å²) in [5.74, 6) is -0.228. The average molecular weight is 285 g/mol. The second kappa shape index (κ2) is 5.52. The molecule has 2 nitrogen and oxygen atoms in total. The van der Waals surface area contributed by atoms with Crippen molar-refractivity contribution in [3.8, 4) is 5.75 Å². The van der Waals surface area contributed by atoms with E-state index in [1.807, 2.05) is 19.1 Å². The lowest BCUT2D eigenvalue weighted by Crippen LogP contribution is -2.16. The summed E-state index contributed by atoms with van der Waals surface area (Å²) in [5, 5.41) is 0.787. The summed E-state index contributed by atoms with van der Waals surface area (Å²) in [7, 11) is 0. The zero-order valence-corrected chi connectivity index (χ0v) is 10.8. The van der Waals surface area contributed by atoms with Crippen LogP contribution in [0.15, 0.2) is 52.5 Å². The van der Waals surface area contributed by atoms with Crippen LogP contribution in [-0.4, -0.2) is 11.3 Å². The molecule has 0 aliphatic rings. The molecule has 0 aliphatic heterocycles. The van der Waals surface area contributed by atoms with Crippen LogP contribution < -0.4 is 4.74 Å². The van der Waals surface area contributed by atoms with Crippen molar-refractivity contribution in [3.05, 3.63) is 48.2 Å². The molecule has 0 N–H and O–H groups in total. The summed E-state index contributed by atoms with van der Waals surface area (Å²) >= 11 is 1.38. The molecule has 1 aromatic carbocycles. The minimum atomic E-state index is -4.66. The van der Waals surface area contributed by atoms with Gasteiger partial charge in [0.1, 0.15) is 10.8 Å². The van der Waals surface area contributed by atoms with Crippen LogP contribution in [0.2, 0.25) is 0 Å². The van der Waals surface area contributed by atoms with Crippen LogP contribution in [0.5, 0.6) is 5.75 Å². The van der Waals surface area contributed by atoms with E-state index >= 15 is 0 Å². The van der Waals surface area contributed by atoms with Gasteiger partial charge in [-0.05, 0) is 42.8 Å². The van der Waals surface area contributed by atoms with Gasteiger partial charge in [0.05, 0.1) is 0 Å². The molecule has 0 bridgehead atoms. The van der Waals surface area contributed by atoms with Crippen molar-refractivity contribution in [2.75, 3.05) is 0 Å². The van der Waals surface area contributed by atoms with Crippen molar-refractivity contribution in [2.45, 2.75) is 23.2 Å². The molecule has 19 heavy (non-hydrogen) atoms. The Labute approximate surface area is 112 Å². The van der Waals surface area contributed by atoms with Gasteiger partial charge in [0.25, 0.3) is 0 Å². The first-order valence-corrected chi connectivity index (χ1v) is 6.20. The Bertz CT molecular complexity index is 537. The minimum Gasteiger partial charge on any atom is -0.406 e. The summed E-state index contributed by atoms with van der Waals surface area (Å²) in [4.78, 5) is 5.00. The predicted octanol–water partition coefficient (Wildman–Crippen LogP) is 4.44. The zero-order chi connectivity index (χ0) is 13.9. The molecule has 0 atom stereocenters. The number of alkyl halides is 3. The fourth-order valence-corrected chi connectivity index (χ4v) is 2.10. The molecular weight excluding hydrogens is 275 g/mol. The lowest BCUT2D eigenvalue weighted by Gasteiger charge is -2.09. The summed E-state index contributed by atoms with van der Waals surface area (Å²) in [6.07, 6.45) is -2.92. The third-order valence-corrected chi connectivity index (χ3v) is 3.12. The zero-order valence-electron chi connectivity index (χ0n) is 9.94. The largest absolute Gasteiger partial charge is 0.573 e. The lowest BCUT2D eigenvalue weighted by atomic mass is 10.3. The highest BCUT2D eigenvalue weighted by Crippen LogP contribution is 2.29. The monoisotopic (exact) mass is 285 g/mol. The summed E-state index contributed by atoms with van der Waals surface area (Å²) < 4.78 is 39.8. The Morgan fingerprint density at radius 2 is 1.74 bits per heavy atom. The first-order valence-electron chi connectivity index (χ1n) is 5.39. The van der Waals surface area contributed by atoms with E-state index < -0.39 is 6.36 Å². The van der Waals surface area contributed by atoms with Crippen LogP contribution in [0.4, 0.5) is 13.2 Å². The summed E-state index contributed by atoms with van der Waals surface area (Å²) in [5.41, 5.74) is 1.05. The second-order valence-corrected chi connectivity index (χ2v) is 4.89. The van der Waals surface area contributed by atoms with Gasteiger partial charge in [0, 0.05) is 11.1 Å². The number of nitrogens with zero attached hydrogens (tertiary/aromatic N) is 1. The number of rotatable bonds is 3. The third-order valence-electron chi connectivity index (χ3n) is 2.16. The molecular formula is C13H10F3NOS. The smallest absolute Gasteiger partial charge is 0.406 e. The van der Waals surface area contributed by atoms with Gasteiger partial charge in [0.2, 0.25) is 0 Å². The van der Waals surface area contributed by atoms with Gasteiger partial charge in [-0.15, -0.1) is 13.2 Å². The fraction of sp³-hybridized carbons (Fsp3) is 0.154. The molecule has 0 amide bonds. The number of hydrogen-bond donors (Lipinski definition) is 0. The molecule has 0 saturated heterocycles. The van der Waals surface area contributed by atoms with Gasteiger partial charge in [-0.3, -0.25) is 0 Å². The molecule has 2 aromatic rings. The van der Waals surface area contributed by atoms with Crippen molar-refractivity contribution in [1.29, 1.82) is 0 Å². The molecule has 0 unspecified atom stereocenters. The van der Waals surface area contributed by atoms with E-state index in [2.05, 4.69) is 9.72 Å². The van der Waals surface area contributed by atoms with E-state index in [0.717, 1.165) is 15.5 Å². The number of benzene rings is 1. The van der Waals surface area contributed by atoms with Crippen molar-refractivity contribution < 1.29 is 17.9 Å². The molecule has 2 rings (SSSR count). The number of ether oxygens (including phenoxy) is 1. The van der Waals surface area contributed by atoms with E-state index in [1.54, 1.807) is 18.3 Å². The maximum absolute atomic E-state index is 12.0. The van der Waals surface area contributed by atoms with Gasteiger partial charge in [-0.2, -0.15) is 0 Å². The van der Waals surface area contributed by atoms with Crippen LogP contribution >= 0.6 is 11.8 Å². The number of halogens is 3. The maximum Gasteiger partial charge on any atom is 0.573 e. The van der Waals surface area contributed by atoms with Gasteiger partial charge in [-0.25, -0.2) is 4.98 Å². The van der Waals surface area contributed by atoms with E-state index in [1.165, 1.54) is 23.9 Å². The normalized spacial score (nSPS) is 11.4. The van der Waals surface area contributed by atoms with Gasteiger partial charge in [-0.1, -0.05) is 17.8 Å². The van der Waals surface area contributed by atoms with E-state index in [4.69, 9.17) is 0 Å². The van der Waals surface area contributed by atoms with E-state index in [-0.39, 0.29) is 5.75 Å². The van der Waals surface area contributed by atoms with Gasteiger partial charge < -0.3 is 4.74 Å². The Hall–Kier alpha value is -1.69. The highest BCUT2D eigenvalue weighted by Gasteiger charge is 2.30. The summed E-state index contributed by atoms with van der Waals surface area (Å²) in [6.45, 7) is 1.94. The van der Waals surface area contributed by atoms with Crippen molar-refractivity contribution in [3.63, 3.8) is 0 Å². The number of aromatic nitrogens is 1.